The van der Waals surface area contributed by atoms with Gasteiger partial charge in [-0.25, -0.2) is 0 Å². The maximum Gasteiger partial charge on any atom is 0.263 e. The number of carbonyl (C=O) groups excluding carboxylic acids is 1. The minimum atomic E-state index is -0.561. The van der Waals surface area contributed by atoms with Gasteiger partial charge < -0.3 is 19.1 Å². The second-order valence-corrected chi connectivity index (χ2v) is 9.10. The smallest absolute Gasteiger partial charge is 0.263 e. The summed E-state index contributed by atoms with van der Waals surface area (Å²) >= 11 is 6.00. The third-order valence-corrected chi connectivity index (χ3v) is 6.67. The van der Waals surface area contributed by atoms with Crippen molar-refractivity contribution < 1.29 is 14.1 Å². The van der Waals surface area contributed by atoms with Crippen LogP contribution in [0.1, 0.15) is 38.0 Å². The molecule has 3 aromatic rings. The highest BCUT2D eigenvalue weighted by Gasteiger charge is 2.27. The van der Waals surface area contributed by atoms with Crippen molar-refractivity contribution in [2.24, 2.45) is 0 Å². The lowest BCUT2D eigenvalue weighted by atomic mass is 9.85. The van der Waals surface area contributed by atoms with Crippen molar-refractivity contribution in [3.05, 3.63) is 59.4 Å². The molecule has 8 heteroatoms. The Hall–Kier alpha value is -3.06. The Bertz CT molecular complexity index is 1100. The second-order valence-electron chi connectivity index (χ2n) is 8.66. The first kappa shape index (κ1) is 21.8. The summed E-state index contributed by atoms with van der Waals surface area (Å²) < 4.78 is 11.2. The number of benzene rings is 2. The largest absolute Gasteiger partial charge is 0.481 e. The summed E-state index contributed by atoms with van der Waals surface area (Å²) in [6.07, 6.45) is 2.96. The Labute approximate surface area is 198 Å². The average Bonchev–Trinajstić information content (AvgIpc) is 3.27. The molecule has 0 unspecified atom stereocenters. The molecule has 2 heterocycles. The van der Waals surface area contributed by atoms with E-state index in [1.165, 1.54) is 6.42 Å². The molecular weight excluding hydrogens is 440 g/mol. The van der Waals surface area contributed by atoms with Crippen molar-refractivity contribution in [3.8, 4) is 17.1 Å². The lowest BCUT2D eigenvalue weighted by Gasteiger charge is -2.37. The van der Waals surface area contributed by atoms with Crippen LogP contribution in [-0.4, -0.2) is 53.2 Å². The van der Waals surface area contributed by atoms with Gasteiger partial charge in [0.15, 0.2) is 6.10 Å². The maximum absolute atomic E-state index is 12.8. The van der Waals surface area contributed by atoms with E-state index in [0.717, 1.165) is 43.1 Å². The molecule has 1 saturated carbocycles. The molecule has 1 aliphatic carbocycles. The van der Waals surface area contributed by atoms with E-state index >= 15 is 0 Å². The van der Waals surface area contributed by atoms with Crippen molar-refractivity contribution >= 4 is 23.2 Å². The minimum absolute atomic E-state index is 0.00986. The molecule has 5 rings (SSSR count). The zero-order chi connectivity index (χ0) is 22.8. The van der Waals surface area contributed by atoms with Crippen molar-refractivity contribution in [2.45, 2.75) is 38.2 Å². The van der Waals surface area contributed by atoms with Gasteiger partial charge >= 0.3 is 0 Å². The Kier molecular flexibility index (Phi) is 6.22. The summed E-state index contributed by atoms with van der Waals surface area (Å²) in [6.45, 7) is 4.62. The number of hydrogen-bond donors (Lipinski definition) is 0. The predicted octanol–water partition coefficient (Wildman–Crippen LogP) is 4.77. The molecule has 2 aliphatic rings. The Morgan fingerprint density at radius 2 is 1.88 bits per heavy atom. The maximum atomic E-state index is 12.8. The van der Waals surface area contributed by atoms with Crippen LogP contribution in [0.4, 0.5) is 5.69 Å². The summed E-state index contributed by atoms with van der Waals surface area (Å²) in [5.74, 6) is 2.43. The molecule has 0 radical (unpaired) electrons. The van der Waals surface area contributed by atoms with Crippen molar-refractivity contribution in [2.75, 3.05) is 31.1 Å². The van der Waals surface area contributed by atoms with Gasteiger partial charge in [-0.15, -0.1) is 0 Å². The standard InChI is InChI=1S/C25H27ClN4O3/c1-17(32-22-7-3-6-20(26)16-22)25(31)30-14-12-29(13-15-30)21-10-8-18(9-11-21)23-27-24(33-28-23)19-4-2-5-19/h3,6-11,16-17,19H,2,4-5,12-15H2,1H3/t17-/m0/s1. The normalized spacial score (nSPS) is 17.5. The van der Waals surface area contributed by atoms with Crippen molar-refractivity contribution in [3.63, 3.8) is 0 Å². The number of aromatic nitrogens is 2. The van der Waals surface area contributed by atoms with Crippen LogP contribution in [0.15, 0.2) is 53.1 Å². The van der Waals surface area contributed by atoms with Gasteiger partial charge in [0.25, 0.3) is 5.91 Å². The summed E-state index contributed by atoms with van der Waals surface area (Å²) in [6, 6.07) is 15.3. The molecule has 1 aromatic heterocycles. The topological polar surface area (TPSA) is 71.7 Å². The number of amides is 1. The monoisotopic (exact) mass is 466 g/mol. The SMILES string of the molecule is C[C@H](Oc1cccc(Cl)c1)C(=O)N1CCN(c2ccc(-c3noc(C4CCC4)n3)cc2)CC1. The Balaban J connectivity index is 1.15. The Morgan fingerprint density at radius 3 is 2.55 bits per heavy atom. The van der Waals surface area contributed by atoms with Gasteiger partial charge in [-0.05, 0) is 62.2 Å². The fraction of sp³-hybridized carbons (Fsp3) is 0.400. The first-order valence-electron chi connectivity index (χ1n) is 11.5. The zero-order valence-corrected chi connectivity index (χ0v) is 19.4. The highest BCUT2D eigenvalue weighted by molar-refractivity contribution is 6.30. The lowest BCUT2D eigenvalue weighted by Crippen LogP contribution is -2.52. The molecule has 0 spiro atoms. The number of ether oxygens (including phenoxy) is 1. The summed E-state index contributed by atoms with van der Waals surface area (Å²) in [7, 11) is 0. The molecule has 2 aromatic carbocycles. The number of nitrogens with zero attached hydrogens (tertiary/aromatic N) is 4. The van der Waals surface area contributed by atoms with E-state index in [1.807, 2.05) is 23.1 Å². The van der Waals surface area contributed by atoms with Crippen LogP contribution in [-0.2, 0) is 4.79 Å². The van der Waals surface area contributed by atoms with Crippen LogP contribution < -0.4 is 9.64 Å². The number of hydrogen-bond acceptors (Lipinski definition) is 6. The highest BCUT2D eigenvalue weighted by Crippen LogP contribution is 2.36. The first-order chi connectivity index (χ1) is 16.1. The molecular formula is C25H27ClN4O3. The quantitative estimate of drug-likeness (QED) is 0.521. The second kappa shape index (κ2) is 9.43. The number of carbonyl (C=O) groups is 1. The molecule has 0 bridgehead atoms. The Morgan fingerprint density at radius 1 is 1.12 bits per heavy atom. The summed E-state index contributed by atoms with van der Waals surface area (Å²) in [4.78, 5) is 21.6. The van der Waals surface area contributed by atoms with Crippen molar-refractivity contribution in [1.82, 2.24) is 15.0 Å². The van der Waals surface area contributed by atoms with Crippen LogP contribution >= 0.6 is 11.6 Å². The number of anilines is 1. The van der Waals surface area contributed by atoms with Crippen LogP contribution in [0.2, 0.25) is 5.02 Å². The van der Waals surface area contributed by atoms with Gasteiger partial charge in [0.2, 0.25) is 11.7 Å². The minimum Gasteiger partial charge on any atom is -0.481 e. The van der Waals surface area contributed by atoms with Gasteiger partial charge in [-0.1, -0.05) is 29.2 Å². The fourth-order valence-electron chi connectivity index (χ4n) is 4.23. The molecule has 7 nitrogen and oxygen atoms in total. The van der Waals surface area contributed by atoms with E-state index in [1.54, 1.807) is 25.1 Å². The van der Waals surface area contributed by atoms with E-state index in [0.29, 0.717) is 35.6 Å². The molecule has 1 amide bonds. The summed E-state index contributed by atoms with van der Waals surface area (Å²) in [5.41, 5.74) is 2.07. The molecule has 33 heavy (non-hydrogen) atoms. The van der Waals surface area contributed by atoms with E-state index in [-0.39, 0.29) is 5.91 Å². The van der Waals surface area contributed by atoms with Crippen molar-refractivity contribution in [1.29, 1.82) is 0 Å². The summed E-state index contributed by atoms with van der Waals surface area (Å²) in [5, 5.41) is 4.74. The fourth-order valence-corrected chi connectivity index (χ4v) is 4.41. The van der Waals surface area contributed by atoms with E-state index in [2.05, 4.69) is 27.2 Å². The van der Waals surface area contributed by atoms with Crippen LogP contribution in [0, 0.1) is 0 Å². The van der Waals surface area contributed by atoms with Crippen LogP contribution in [0.3, 0.4) is 0 Å². The third kappa shape index (κ3) is 4.83. The van der Waals surface area contributed by atoms with Gasteiger partial charge in [-0.2, -0.15) is 4.98 Å². The first-order valence-corrected chi connectivity index (χ1v) is 11.8. The number of halogens is 1. The average molecular weight is 467 g/mol. The van der Waals surface area contributed by atoms with Gasteiger partial charge in [-0.3, -0.25) is 4.79 Å². The number of rotatable bonds is 6. The van der Waals surface area contributed by atoms with Crippen LogP contribution in [0.5, 0.6) is 5.75 Å². The molecule has 1 saturated heterocycles. The van der Waals surface area contributed by atoms with E-state index in [4.69, 9.17) is 20.9 Å². The van der Waals surface area contributed by atoms with Crippen LogP contribution in [0.25, 0.3) is 11.4 Å². The highest BCUT2D eigenvalue weighted by atomic mass is 35.5. The molecule has 1 atom stereocenters. The molecule has 1 aliphatic heterocycles. The molecule has 0 N–H and O–H groups in total. The van der Waals surface area contributed by atoms with Gasteiger partial charge in [0.05, 0.1) is 0 Å². The molecule has 172 valence electrons. The molecule has 2 fully saturated rings. The third-order valence-electron chi connectivity index (χ3n) is 6.43. The van der Waals surface area contributed by atoms with E-state index < -0.39 is 6.10 Å². The predicted molar refractivity (Wildman–Crippen MR) is 127 cm³/mol. The number of piperazine rings is 1. The van der Waals surface area contributed by atoms with E-state index in [9.17, 15) is 4.79 Å². The van der Waals surface area contributed by atoms with Gasteiger partial charge in [0.1, 0.15) is 5.75 Å². The van der Waals surface area contributed by atoms with Gasteiger partial charge in [0, 0.05) is 48.4 Å². The lowest BCUT2D eigenvalue weighted by molar-refractivity contribution is -0.138. The zero-order valence-electron chi connectivity index (χ0n) is 18.6.